The van der Waals surface area contributed by atoms with Crippen molar-refractivity contribution in [2.45, 2.75) is 102 Å². The number of carbonyl (C=O) groups is 1. The highest BCUT2D eigenvalue weighted by Crippen LogP contribution is 2.49. The van der Waals surface area contributed by atoms with Gasteiger partial charge in [0.05, 0.1) is 17.7 Å². The van der Waals surface area contributed by atoms with Crippen LogP contribution in [-0.4, -0.2) is 61.7 Å². The van der Waals surface area contributed by atoms with Gasteiger partial charge < -0.3 is 30.4 Å². The summed E-state index contributed by atoms with van der Waals surface area (Å²) in [7, 11) is -8.85. The summed E-state index contributed by atoms with van der Waals surface area (Å²) in [5.74, 6) is 0. The number of nitrogens with two attached hydrogens (primary N) is 2. The van der Waals surface area contributed by atoms with E-state index in [2.05, 4.69) is 39.2 Å². The maximum absolute atomic E-state index is 12.5. The van der Waals surface area contributed by atoms with Crippen LogP contribution in [0.4, 0.5) is 4.79 Å². The zero-order valence-electron chi connectivity index (χ0n) is 21.4. The molecule has 1 saturated heterocycles. The van der Waals surface area contributed by atoms with Crippen molar-refractivity contribution < 1.29 is 31.0 Å². The van der Waals surface area contributed by atoms with Crippen LogP contribution in [0.2, 0.25) is 36.3 Å². The second kappa shape index (κ2) is 8.61. The van der Waals surface area contributed by atoms with Gasteiger partial charge in [0.2, 0.25) is 0 Å². The Labute approximate surface area is 200 Å². The number of hydrogen-bond donors (Lipinski definition) is 3. The molecule has 192 valence electrons. The van der Waals surface area contributed by atoms with Crippen molar-refractivity contribution in [3.8, 4) is 0 Å². The summed E-state index contributed by atoms with van der Waals surface area (Å²) in [6.07, 6.45) is -3.08. The SMILES string of the molecule is CC(C)(C)[Si](C)(C)OCC1OC(NC(N)=O)C(O[Si](C)(C)C(C)(C)C)C12OS(=O)(=O)C=C2N. The molecular formula is C20H41N3O7SSi2. The van der Waals surface area contributed by atoms with E-state index < -0.39 is 56.8 Å². The average Bonchev–Trinajstić information content (AvgIpc) is 2.97. The van der Waals surface area contributed by atoms with E-state index in [1.54, 1.807) is 0 Å². The molecule has 10 nitrogen and oxygen atoms in total. The molecule has 2 heterocycles. The van der Waals surface area contributed by atoms with E-state index in [1.807, 2.05) is 33.9 Å². The molecule has 2 aliphatic heterocycles. The molecule has 2 rings (SSSR count). The smallest absolute Gasteiger partial charge is 0.314 e. The summed E-state index contributed by atoms with van der Waals surface area (Å²) >= 11 is 0. The Bertz CT molecular complexity index is 910. The average molecular weight is 524 g/mol. The lowest BCUT2D eigenvalue weighted by Gasteiger charge is -2.43. The van der Waals surface area contributed by atoms with Crippen LogP contribution in [0.15, 0.2) is 11.1 Å². The van der Waals surface area contributed by atoms with Gasteiger partial charge in [0.1, 0.15) is 12.2 Å². The molecular weight excluding hydrogens is 482 g/mol. The van der Waals surface area contributed by atoms with E-state index in [0.29, 0.717) is 0 Å². The van der Waals surface area contributed by atoms with Gasteiger partial charge in [0.15, 0.2) is 28.5 Å². The zero-order chi connectivity index (χ0) is 25.8. The van der Waals surface area contributed by atoms with Gasteiger partial charge in [-0.3, -0.25) is 0 Å². The summed E-state index contributed by atoms with van der Waals surface area (Å²) in [5, 5.41) is 3.10. The Kier molecular flexibility index (Phi) is 7.37. The summed E-state index contributed by atoms with van der Waals surface area (Å²) in [4.78, 5) is 11.8. The van der Waals surface area contributed by atoms with Crippen molar-refractivity contribution in [3.05, 3.63) is 11.1 Å². The minimum absolute atomic E-state index is 0.00879. The second-order valence-corrected chi connectivity index (χ2v) is 22.8. The van der Waals surface area contributed by atoms with E-state index in [-0.39, 0.29) is 22.4 Å². The molecule has 0 saturated carbocycles. The molecule has 2 amide bonds. The van der Waals surface area contributed by atoms with Crippen molar-refractivity contribution in [3.63, 3.8) is 0 Å². The lowest BCUT2D eigenvalue weighted by Crippen LogP contribution is -2.61. The number of hydrogen-bond acceptors (Lipinski definition) is 8. The summed E-state index contributed by atoms with van der Waals surface area (Å²) in [6, 6.07) is -0.839. The molecule has 33 heavy (non-hydrogen) atoms. The molecule has 4 unspecified atom stereocenters. The molecule has 5 N–H and O–H groups in total. The van der Waals surface area contributed by atoms with E-state index in [1.165, 1.54) is 0 Å². The van der Waals surface area contributed by atoms with Crippen molar-refractivity contribution in [1.29, 1.82) is 0 Å². The maximum Gasteiger partial charge on any atom is 0.314 e. The molecule has 0 radical (unpaired) electrons. The molecule has 4 atom stereocenters. The number of rotatable bonds is 6. The first-order chi connectivity index (χ1) is 14.6. The third-order valence-electron chi connectivity index (χ3n) is 7.38. The van der Waals surface area contributed by atoms with Crippen molar-refractivity contribution >= 4 is 32.8 Å². The standard InChI is InChI=1S/C20H41N3O7SSi2/c1-18(2,3)32(7,8)27-11-14-20(13(21)12-31(25,26)30-20)15(16(28-14)23-17(22)24)29-33(9,10)19(4,5)6/h12,14-16H,11,21H2,1-10H3,(H3,22,23,24). The fraction of sp³-hybridized carbons (Fsp3) is 0.850. The van der Waals surface area contributed by atoms with Crippen molar-refractivity contribution in [2.75, 3.05) is 6.61 Å². The summed E-state index contributed by atoms with van der Waals surface area (Å²) < 4.78 is 49.7. The van der Waals surface area contributed by atoms with Gasteiger partial charge in [-0.25, -0.2) is 8.98 Å². The lowest BCUT2D eigenvalue weighted by molar-refractivity contribution is -0.0419. The monoisotopic (exact) mass is 523 g/mol. The third kappa shape index (κ3) is 5.49. The number of carbonyl (C=O) groups excluding carboxylic acids is 1. The van der Waals surface area contributed by atoms with Gasteiger partial charge in [-0.2, -0.15) is 8.42 Å². The zero-order valence-corrected chi connectivity index (χ0v) is 24.3. The first-order valence-electron chi connectivity index (χ1n) is 11.0. The minimum atomic E-state index is -4.10. The van der Waals surface area contributed by atoms with Crippen LogP contribution in [0.1, 0.15) is 41.5 Å². The van der Waals surface area contributed by atoms with Gasteiger partial charge >= 0.3 is 6.03 Å². The first kappa shape index (κ1) is 28.3. The van der Waals surface area contributed by atoms with E-state index >= 15 is 0 Å². The van der Waals surface area contributed by atoms with Crippen LogP contribution in [0, 0.1) is 0 Å². The topological polar surface area (TPSA) is 152 Å². The fourth-order valence-corrected chi connectivity index (χ4v) is 6.79. The molecule has 0 aromatic heterocycles. The Morgan fingerprint density at radius 3 is 2.03 bits per heavy atom. The van der Waals surface area contributed by atoms with Crippen LogP contribution >= 0.6 is 0 Å². The number of ether oxygens (including phenoxy) is 1. The van der Waals surface area contributed by atoms with Crippen molar-refractivity contribution in [2.24, 2.45) is 11.5 Å². The molecule has 0 bridgehead atoms. The van der Waals surface area contributed by atoms with Crippen LogP contribution in [-0.2, 0) is 27.9 Å². The largest absolute Gasteiger partial charge is 0.414 e. The fourth-order valence-electron chi connectivity index (χ4n) is 3.28. The molecule has 1 spiro atoms. The highest BCUT2D eigenvalue weighted by Gasteiger charge is 2.67. The molecule has 0 aromatic rings. The van der Waals surface area contributed by atoms with Gasteiger partial charge in [0, 0.05) is 0 Å². The molecule has 13 heteroatoms. The second-order valence-electron chi connectivity index (χ2n) is 11.9. The third-order valence-corrected chi connectivity index (χ3v) is 17.4. The summed E-state index contributed by atoms with van der Waals surface area (Å²) in [5.41, 5.74) is 9.96. The molecule has 1 fully saturated rings. The molecule has 2 aliphatic rings. The van der Waals surface area contributed by atoms with Gasteiger partial charge in [-0.15, -0.1) is 0 Å². The maximum atomic E-state index is 12.5. The minimum Gasteiger partial charge on any atom is -0.414 e. The predicted octanol–water partition coefficient (Wildman–Crippen LogP) is 2.69. The molecule has 0 aromatic carbocycles. The van der Waals surface area contributed by atoms with Crippen LogP contribution in [0.25, 0.3) is 0 Å². The van der Waals surface area contributed by atoms with Gasteiger partial charge in [-0.05, 0) is 36.3 Å². The highest BCUT2D eigenvalue weighted by atomic mass is 32.2. The molecule has 0 aliphatic carbocycles. The summed E-state index contributed by atoms with van der Waals surface area (Å²) in [6.45, 7) is 20.6. The number of amides is 2. The van der Waals surface area contributed by atoms with E-state index in [0.717, 1.165) is 5.41 Å². The first-order valence-corrected chi connectivity index (χ1v) is 18.3. The quantitative estimate of drug-likeness (QED) is 0.355. The normalized spacial score (nSPS) is 30.5. The Balaban J connectivity index is 2.56. The number of urea groups is 1. The highest BCUT2D eigenvalue weighted by molar-refractivity contribution is 7.90. The van der Waals surface area contributed by atoms with Crippen molar-refractivity contribution in [1.82, 2.24) is 5.32 Å². The van der Waals surface area contributed by atoms with E-state index in [4.69, 9.17) is 29.2 Å². The Morgan fingerprint density at radius 2 is 1.64 bits per heavy atom. The van der Waals surface area contributed by atoms with Crippen LogP contribution < -0.4 is 16.8 Å². The van der Waals surface area contributed by atoms with Crippen LogP contribution in [0.3, 0.4) is 0 Å². The predicted molar refractivity (Wildman–Crippen MR) is 132 cm³/mol. The Morgan fingerprint density at radius 1 is 1.12 bits per heavy atom. The lowest BCUT2D eigenvalue weighted by atomic mass is 9.89. The van der Waals surface area contributed by atoms with Gasteiger partial charge in [-0.1, -0.05) is 41.5 Å². The van der Waals surface area contributed by atoms with Gasteiger partial charge in [0.25, 0.3) is 10.1 Å². The van der Waals surface area contributed by atoms with E-state index in [9.17, 15) is 13.2 Å². The van der Waals surface area contributed by atoms with Crippen LogP contribution in [0.5, 0.6) is 0 Å². The number of nitrogens with one attached hydrogen (secondary N) is 1. The Hall–Kier alpha value is -0.966. The number of primary amides is 1.